The lowest BCUT2D eigenvalue weighted by Crippen LogP contribution is -2.05. The van der Waals surface area contributed by atoms with Crippen molar-refractivity contribution in [3.8, 4) is 21.9 Å². The molecule has 0 saturated carbocycles. The standard InChI is InChI=1S/C17H25N3O2S/c1-4-5-6-7-11-22-14-10-8-9-13(15(14)21-3)16-12(2)19-17(20-18)23-16/h8-10H,4-7,11,18H2,1-3H3,(H,19,20). The second-order valence-electron chi connectivity index (χ2n) is 5.32. The van der Waals surface area contributed by atoms with E-state index in [4.69, 9.17) is 15.3 Å². The summed E-state index contributed by atoms with van der Waals surface area (Å²) in [6.07, 6.45) is 4.72. The number of thiazole rings is 1. The van der Waals surface area contributed by atoms with Crippen molar-refractivity contribution in [1.82, 2.24) is 4.98 Å². The van der Waals surface area contributed by atoms with Crippen molar-refractivity contribution in [2.75, 3.05) is 19.1 Å². The van der Waals surface area contributed by atoms with E-state index in [1.165, 1.54) is 30.6 Å². The predicted molar refractivity (Wildman–Crippen MR) is 96.3 cm³/mol. The Morgan fingerprint density at radius 1 is 1.26 bits per heavy atom. The Balaban J connectivity index is 2.20. The molecule has 0 atom stereocenters. The van der Waals surface area contributed by atoms with Crippen LogP contribution in [0.1, 0.15) is 38.3 Å². The van der Waals surface area contributed by atoms with Gasteiger partial charge < -0.3 is 9.47 Å². The number of ether oxygens (including phenoxy) is 2. The lowest BCUT2D eigenvalue weighted by atomic mass is 10.1. The third-order valence-electron chi connectivity index (χ3n) is 3.60. The van der Waals surface area contributed by atoms with Crippen molar-refractivity contribution < 1.29 is 9.47 Å². The number of aromatic nitrogens is 1. The minimum atomic E-state index is 0.686. The number of aryl methyl sites for hydroxylation is 1. The summed E-state index contributed by atoms with van der Waals surface area (Å²) >= 11 is 1.50. The zero-order valence-electron chi connectivity index (χ0n) is 14.0. The van der Waals surface area contributed by atoms with Crippen molar-refractivity contribution in [3.05, 3.63) is 23.9 Å². The quantitative estimate of drug-likeness (QED) is 0.404. The highest BCUT2D eigenvalue weighted by Crippen LogP contribution is 2.42. The van der Waals surface area contributed by atoms with Gasteiger partial charge in [-0.2, -0.15) is 0 Å². The molecular formula is C17H25N3O2S. The van der Waals surface area contributed by atoms with Crippen LogP contribution in [0.5, 0.6) is 11.5 Å². The highest BCUT2D eigenvalue weighted by molar-refractivity contribution is 7.19. The number of nitrogens with one attached hydrogen (secondary N) is 1. The average molecular weight is 335 g/mol. The molecule has 0 aliphatic rings. The number of unbranched alkanes of at least 4 members (excludes halogenated alkanes) is 3. The zero-order chi connectivity index (χ0) is 16.7. The first-order valence-electron chi connectivity index (χ1n) is 7.95. The number of anilines is 1. The van der Waals surface area contributed by atoms with Crippen LogP contribution in [-0.2, 0) is 0 Å². The SMILES string of the molecule is CCCCCCOc1cccc(-c2sc(NN)nc2C)c1OC. The summed E-state index contributed by atoms with van der Waals surface area (Å²) in [5, 5.41) is 0.686. The number of nitrogens with zero attached hydrogens (tertiary/aromatic N) is 1. The van der Waals surface area contributed by atoms with E-state index < -0.39 is 0 Å². The fourth-order valence-corrected chi connectivity index (χ4v) is 3.34. The van der Waals surface area contributed by atoms with Gasteiger partial charge in [-0.1, -0.05) is 43.6 Å². The molecule has 5 nitrogen and oxygen atoms in total. The molecule has 0 radical (unpaired) electrons. The van der Waals surface area contributed by atoms with Gasteiger partial charge in [0.25, 0.3) is 0 Å². The number of nitrogen functional groups attached to an aromatic ring is 1. The zero-order valence-corrected chi connectivity index (χ0v) is 14.8. The Kier molecular flexibility index (Phi) is 6.67. The molecular weight excluding hydrogens is 310 g/mol. The highest BCUT2D eigenvalue weighted by Gasteiger charge is 2.17. The Morgan fingerprint density at radius 2 is 2.09 bits per heavy atom. The summed E-state index contributed by atoms with van der Waals surface area (Å²) in [5.41, 5.74) is 4.50. The van der Waals surface area contributed by atoms with Crippen LogP contribution in [0.15, 0.2) is 18.2 Å². The largest absolute Gasteiger partial charge is 0.492 e. The van der Waals surface area contributed by atoms with E-state index in [0.717, 1.165) is 34.1 Å². The molecule has 6 heteroatoms. The van der Waals surface area contributed by atoms with Crippen LogP contribution in [0, 0.1) is 6.92 Å². The molecule has 0 fully saturated rings. The normalized spacial score (nSPS) is 10.6. The molecule has 0 amide bonds. The van der Waals surface area contributed by atoms with Crippen LogP contribution in [0.2, 0.25) is 0 Å². The maximum atomic E-state index is 5.93. The number of hydrogen-bond donors (Lipinski definition) is 2. The molecule has 0 unspecified atom stereocenters. The van der Waals surface area contributed by atoms with Crippen LogP contribution in [0.25, 0.3) is 10.4 Å². The fourth-order valence-electron chi connectivity index (χ4n) is 2.44. The van der Waals surface area contributed by atoms with Crippen molar-refractivity contribution in [2.45, 2.75) is 39.5 Å². The average Bonchev–Trinajstić information content (AvgIpc) is 2.95. The predicted octanol–water partition coefficient (Wildman–Crippen LogP) is 4.37. The van der Waals surface area contributed by atoms with Gasteiger partial charge in [-0.15, -0.1) is 0 Å². The molecule has 0 bridgehead atoms. The van der Waals surface area contributed by atoms with Gasteiger partial charge in [0.15, 0.2) is 16.6 Å². The monoisotopic (exact) mass is 335 g/mol. The van der Waals surface area contributed by atoms with E-state index in [-0.39, 0.29) is 0 Å². The topological polar surface area (TPSA) is 69.4 Å². The minimum absolute atomic E-state index is 0.686. The van der Waals surface area contributed by atoms with Crippen molar-refractivity contribution in [1.29, 1.82) is 0 Å². The van der Waals surface area contributed by atoms with Crippen LogP contribution in [0.3, 0.4) is 0 Å². The Bertz CT molecular complexity index is 628. The minimum Gasteiger partial charge on any atom is -0.492 e. The number of rotatable bonds is 9. The van der Waals surface area contributed by atoms with E-state index in [1.54, 1.807) is 7.11 Å². The van der Waals surface area contributed by atoms with Gasteiger partial charge in [-0.3, -0.25) is 5.43 Å². The number of hydrazine groups is 1. The van der Waals surface area contributed by atoms with Crippen LogP contribution < -0.4 is 20.7 Å². The third kappa shape index (κ3) is 4.36. The lowest BCUT2D eigenvalue weighted by Gasteiger charge is -2.14. The smallest absolute Gasteiger partial charge is 0.197 e. The number of benzene rings is 1. The molecule has 1 aromatic carbocycles. The summed E-state index contributed by atoms with van der Waals surface area (Å²) in [4.78, 5) is 5.43. The molecule has 126 valence electrons. The fraction of sp³-hybridized carbons (Fsp3) is 0.471. The third-order valence-corrected chi connectivity index (χ3v) is 4.73. The van der Waals surface area contributed by atoms with Crippen LogP contribution in [0.4, 0.5) is 5.13 Å². The molecule has 2 aromatic rings. The summed E-state index contributed by atoms with van der Waals surface area (Å²) in [7, 11) is 1.67. The number of hydrogen-bond acceptors (Lipinski definition) is 6. The van der Waals surface area contributed by atoms with Crippen LogP contribution in [-0.4, -0.2) is 18.7 Å². The first-order chi connectivity index (χ1) is 11.2. The first-order valence-corrected chi connectivity index (χ1v) is 8.77. The van der Waals surface area contributed by atoms with Gasteiger partial charge >= 0.3 is 0 Å². The van der Waals surface area contributed by atoms with Crippen LogP contribution >= 0.6 is 11.3 Å². The van der Waals surface area contributed by atoms with Gasteiger partial charge in [0.2, 0.25) is 0 Å². The number of methoxy groups -OCH3 is 1. The van der Waals surface area contributed by atoms with Gasteiger partial charge in [0.1, 0.15) is 0 Å². The second kappa shape index (κ2) is 8.74. The lowest BCUT2D eigenvalue weighted by molar-refractivity contribution is 0.285. The van der Waals surface area contributed by atoms with E-state index in [2.05, 4.69) is 17.3 Å². The van der Waals surface area contributed by atoms with Crippen molar-refractivity contribution in [3.63, 3.8) is 0 Å². The molecule has 3 N–H and O–H groups in total. The molecule has 0 aliphatic heterocycles. The summed E-state index contributed by atoms with van der Waals surface area (Å²) in [6.45, 7) is 4.87. The highest BCUT2D eigenvalue weighted by atomic mass is 32.1. The van der Waals surface area contributed by atoms with Gasteiger partial charge in [0.05, 0.1) is 24.3 Å². The summed E-state index contributed by atoms with van der Waals surface area (Å²) in [6, 6.07) is 5.94. The molecule has 0 aliphatic carbocycles. The summed E-state index contributed by atoms with van der Waals surface area (Å²) < 4.78 is 11.5. The van der Waals surface area contributed by atoms with Crippen molar-refractivity contribution in [2.24, 2.45) is 5.84 Å². The van der Waals surface area contributed by atoms with E-state index >= 15 is 0 Å². The molecule has 0 saturated heterocycles. The molecule has 0 spiro atoms. The number of para-hydroxylation sites is 1. The maximum absolute atomic E-state index is 5.93. The van der Waals surface area contributed by atoms with Gasteiger partial charge in [0, 0.05) is 5.56 Å². The van der Waals surface area contributed by atoms with E-state index in [0.29, 0.717) is 11.7 Å². The Hall–Kier alpha value is -1.79. The maximum Gasteiger partial charge on any atom is 0.197 e. The summed E-state index contributed by atoms with van der Waals surface area (Å²) in [5.74, 6) is 6.98. The molecule has 2 rings (SSSR count). The van der Waals surface area contributed by atoms with Gasteiger partial charge in [-0.25, -0.2) is 10.8 Å². The van der Waals surface area contributed by atoms with E-state index in [9.17, 15) is 0 Å². The molecule has 23 heavy (non-hydrogen) atoms. The van der Waals surface area contributed by atoms with Gasteiger partial charge in [-0.05, 0) is 25.5 Å². The van der Waals surface area contributed by atoms with Crippen molar-refractivity contribution >= 4 is 16.5 Å². The molecule has 1 heterocycles. The molecule has 1 aromatic heterocycles. The number of nitrogens with two attached hydrogens (primary N) is 1. The Morgan fingerprint density at radius 3 is 2.74 bits per heavy atom. The van der Waals surface area contributed by atoms with E-state index in [1.807, 2.05) is 25.1 Å². The second-order valence-corrected chi connectivity index (χ2v) is 6.32. The Labute approximate surface area is 141 Å². The first kappa shape index (κ1) is 17.6.